The molecule has 2 heterocycles. The molecule has 0 spiro atoms. The Morgan fingerprint density at radius 3 is 2.51 bits per heavy atom. The number of nitrogen functional groups attached to an aromatic ring is 1. The van der Waals surface area contributed by atoms with E-state index in [1.54, 1.807) is 54.7 Å². The maximum Gasteiger partial charge on any atom is 0.316 e. The Hall–Kier alpha value is -3.12. The lowest BCUT2D eigenvalue weighted by Crippen LogP contribution is -2.49. The van der Waals surface area contributed by atoms with Gasteiger partial charge >= 0.3 is 5.56 Å². The fraction of sp³-hybridized carbons (Fsp3) is 0.360. The molecule has 198 valence electrons. The van der Waals surface area contributed by atoms with Crippen LogP contribution in [0.5, 0.6) is 5.75 Å². The first-order valence-electron chi connectivity index (χ1n) is 11.9. The van der Waals surface area contributed by atoms with Crippen molar-refractivity contribution < 1.29 is 17.9 Å². The van der Waals surface area contributed by atoms with Gasteiger partial charge in [0.15, 0.2) is 0 Å². The molecule has 4 rings (SSSR count). The smallest absolute Gasteiger partial charge is 0.316 e. The molecule has 0 atom stereocenters. The molecule has 1 aliphatic heterocycles. The number of rotatable bonds is 10. The Balaban J connectivity index is 1.54. The molecule has 0 aliphatic carbocycles. The van der Waals surface area contributed by atoms with E-state index in [4.69, 9.17) is 26.8 Å². The van der Waals surface area contributed by atoms with Crippen LogP contribution in [0.4, 0.5) is 11.4 Å². The minimum Gasteiger partial charge on any atom is -0.484 e. The first-order chi connectivity index (χ1) is 17.8. The van der Waals surface area contributed by atoms with E-state index in [1.165, 1.54) is 8.99 Å². The molecule has 1 aromatic heterocycles. The number of hydrogen-bond acceptors (Lipinski definition) is 8. The molecular formula is C25H30ClN5O5S. The summed E-state index contributed by atoms with van der Waals surface area (Å²) in [5, 5.41) is 4.83. The number of nitrogens with zero attached hydrogens (tertiary/aromatic N) is 4. The van der Waals surface area contributed by atoms with E-state index in [1.807, 2.05) is 11.8 Å². The van der Waals surface area contributed by atoms with Crippen molar-refractivity contribution in [2.24, 2.45) is 0 Å². The normalized spacial score (nSPS) is 14.6. The summed E-state index contributed by atoms with van der Waals surface area (Å²) >= 11 is 6.11. The SMILES string of the molecule is CCOCCOc1c(N2CCN(S(=O)(=O)Cc3cccc(N)c3)CC2)cnn(-c2cccc(Cl)c2)c1=O. The number of piperazine rings is 1. The molecule has 2 aromatic carbocycles. The first kappa shape index (κ1) is 26.9. The average molecular weight is 548 g/mol. The Morgan fingerprint density at radius 1 is 1.05 bits per heavy atom. The van der Waals surface area contributed by atoms with Crippen LogP contribution < -0.4 is 20.9 Å². The summed E-state index contributed by atoms with van der Waals surface area (Å²) in [5.41, 5.74) is 7.54. The van der Waals surface area contributed by atoms with E-state index in [2.05, 4.69) is 5.10 Å². The van der Waals surface area contributed by atoms with Crippen LogP contribution in [0.25, 0.3) is 5.69 Å². The largest absolute Gasteiger partial charge is 0.484 e. The van der Waals surface area contributed by atoms with Crippen LogP contribution in [0.3, 0.4) is 0 Å². The monoisotopic (exact) mass is 547 g/mol. The third-order valence-electron chi connectivity index (χ3n) is 5.92. The van der Waals surface area contributed by atoms with Gasteiger partial charge in [0.2, 0.25) is 15.8 Å². The van der Waals surface area contributed by atoms with Crippen molar-refractivity contribution in [2.75, 3.05) is 56.6 Å². The fourth-order valence-corrected chi connectivity index (χ4v) is 5.81. The number of sulfonamides is 1. The summed E-state index contributed by atoms with van der Waals surface area (Å²) in [6, 6.07) is 13.7. The Bertz CT molecular complexity index is 1390. The van der Waals surface area contributed by atoms with Gasteiger partial charge in [0.25, 0.3) is 0 Å². The van der Waals surface area contributed by atoms with Crippen LogP contribution >= 0.6 is 11.6 Å². The molecule has 1 saturated heterocycles. The number of nitrogens with two attached hydrogens (primary N) is 1. The van der Waals surface area contributed by atoms with E-state index in [0.717, 1.165) is 0 Å². The summed E-state index contributed by atoms with van der Waals surface area (Å²) in [4.78, 5) is 15.3. The van der Waals surface area contributed by atoms with Crippen molar-refractivity contribution in [2.45, 2.75) is 12.7 Å². The molecule has 0 radical (unpaired) electrons. The Morgan fingerprint density at radius 2 is 1.81 bits per heavy atom. The highest BCUT2D eigenvalue weighted by Gasteiger charge is 2.29. The van der Waals surface area contributed by atoms with Crippen molar-refractivity contribution in [3.8, 4) is 11.4 Å². The molecule has 37 heavy (non-hydrogen) atoms. The summed E-state index contributed by atoms with van der Waals surface area (Å²) in [5.74, 6) is 0.00638. The molecule has 3 aromatic rings. The zero-order chi connectivity index (χ0) is 26.4. The average Bonchev–Trinajstić information content (AvgIpc) is 2.87. The van der Waals surface area contributed by atoms with Gasteiger partial charge < -0.3 is 20.1 Å². The quantitative estimate of drug-likeness (QED) is 0.304. The molecule has 2 N–H and O–H groups in total. The van der Waals surface area contributed by atoms with Gasteiger partial charge in [-0.05, 0) is 42.8 Å². The predicted octanol–water partition coefficient (Wildman–Crippen LogP) is 2.54. The van der Waals surface area contributed by atoms with Crippen LogP contribution in [0.1, 0.15) is 12.5 Å². The first-order valence-corrected chi connectivity index (χ1v) is 13.9. The molecule has 0 amide bonds. The Kier molecular flexibility index (Phi) is 8.70. The molecule has 10 nitrogen and oxygen atoms in total. The molecule has 12 heteroatoms. The lowest BCUT2D eigenvalue weighted by molar-refractivity contribution is 0.109. The van der Waals surface area contributed by atoms with E-state index >= 15 is 0 Å². The summed E-state index contributed by atoms with van der Waals surface area (Å²) in [6.07, 6.45) is 1.56. The summed E-state index contributed by atoms with van der Waals surface area (Å²) in [6.45, 7) is 4.20. The van der Waals surface area contributed by atoms with Crippen LogP contribution in [0.15, 0.2) is 59.5 Å². The van der Waals surface area contributed by atoms with E-state index in [-0.39, 0.29) is 31.2 Å². The van der Waals surface area contributed by atoms with Gasteiger partial charge in [0.1, 0.15) is 12.3 Å². The van der Waals surface area contributed by atoms with Crippen LogP contribution in [-0.4, -0.2) is 68.5 Å². The van der Waals surface area contributed by atoms with Gasteiger partial charge in [-0.15, -0.1) is 0 Å². The summed E-state index contributed by atoms with van der Waals surface area (Å²) < 4.78 is 40.0. The fourth-order valence-electron chi connectivity index (χ4n) is 4.12. The maximum atomic E-state index is 13.4. The number of aromatic nitrogens is 2. The third kappa shape index (κ3) is 6.61. The van der Waals surface area contributed by atoms with E-state index < -0.39 is 15.6 Å². The molecular weight excluding hydrogens is 518 g/mol. The standard InChI is InChI=1S/C25H30ClN5O5S/c1-2-35-13-14-36-24-23(17-28-31(25(24)32)22-8-4-6-20(26)16-22)29-9-11-30(12-10-29)37(33,34)18-19-5-3-7-21(27)15-19/h3-8,15-17H,2,9-14,18,27H2,1H3. The highest BCUT2D eigenvalue weighted by atomic mass is 35.5. The van der Waals surface area contributed by atoms with E-state index in [0.29, 0.717) is 54.0 Å². The van der Waals surface area contributed by atoms with Crippen molar-refractivity contribution in [3.63, 3.8) is 0 Å². The van der Waals surface area contributed by atoms with Crippen molar-refractivity contribution in [3.05, 3.63) is 75.7 Å². The highest BCUT2D eigenvalue weighted by Crippen LogP contribution is 2.27. The lowest BCUT2D eigenvalue weighted by Gasteiger charge is -2.35. The second-order valence-electron chi connectivity index (χ2n) is 8.49. The molecule has 1 fully saturated rings. The summed E-state index contributed by atoms with van der Waals surface area (Å²) in [7, 11) is -3.54. The third-order valence-corrected chi connectivity index (χ3v) is 8.00. The number of halogens is 1. The van der Waals surface area contributed by atoms with Crippen molar-refractivity contribution in [1.82, 2.24) is 14.1 Å². The number of benzene rings is 2. The van der Waals surface area contributed by atoms with Gasteiger partial charge in [-0.25, -0.2) is 8.42 Å². The molecule has 0 unspecified atom stereocenters. The van der Waals surface area contributed by atoms with Crippen LogP contribution in [0, 0.1) is 0 Å². The zero-order valence-electron chi connectivity index (χ0n) is 20.5. The van der Waals surface area contributed by atoms with Crippen molar-refractivity contribution >= 4 is 33.0 Å². The second kappa shape index (κ2) is 12.0. The van der Waals surface area contributed by atoms with Gasteiger partial charge in [-0.1, -0.05) is 29.8 Å². The maximum absolute atomic E-state index is 13.4. The van der Waals surface area contributed by atoms with Gasteiger partial charge in [-0.2, -0.15) is 14.1 Å². The minimum absolute atomic E-state index is 0.124. The number of hydrogen-bond donors (Lipinski definition) is 1. The van der Waals surface area contributed by atoms with Crippen LogP contribution in [-0.2, 0) is 20.5 Å². The zero-order valence-corrected chi connectivity index (χ0v) is 22.1. The lowest BCUT2D eigenvalue weighted by atomic mass is 10.2. The Labute approximate surface area is 221 Å². The van der Waals surface area contributed by atoms with Crippen LogP contribution in [0.2, 0.25) is 5.02 Å². The van der Waals surface area contributed by atoms with E-state index in [9.17, 15) is 13.2 Å². The topological polar surface area (TPSA) is 120 Å². The molecule has 1 aliphatic rings. The van der Waals surface area contributed by atoms with Gasteiger partial charge in [0, 0.05) is 43.5 Å². The predicted molar refractivity (Wildman–Crippen MR) is 144 cm³/mol. The van der Waals surface area contributed by atoms with Gasteiger partial charge in [-0.3, -0.25) is 4.79 Å². The number of anilines is 2. The molecule has 0 bridgehead atoms. The molecule has 0 saturated carbocycles. The van der Waals surface area contributed by atoms with Gasteiger partial charge in [0.05, 0.1) is 24.2 Å². The second-order valence-corrected chi connectivity index (χ2v) is 10.9. The van der Waals surface area contributed by atoms with Crippen molar-refractivity contribution in [1.29, 1.82) is 0 Å². The highest BCUT2D eigenvalue weighted by molar-refractivity contribution is 7.88. The minimum atomic E-state index is -3.54. The number of ether oxygens (including phenoxy) is 2.